The summed E-state index contributed by atoms with van der Waals surface area (Å²) in [5.74, 6) is 0.555. The highest BCUT2D eigenvalue weighted by molar-refractivity contribution is 5.84. The van der Waals surface area contributed by atoms with Crippen LogP contribution in [0.3, 0.4) is 0 Å². The van der Waals surface area contributed by atoms with Crippen molar-refractivity contribution in [1.29, 1.82) is 0 Å². The Balaban J connectivity index is 1.57. The molecular weight excluding hydrogens is 314 g/mol. The second-order valence-electron chi connectivity index (χ2n) is 5.85. The smallest absolute Gasteiger partial charge is 0.251 e. The molecule has 1 fully saturated rings. The van der Waals surface area contributed by atoms with E-state index in [1.54, 1.807) is 12.1 Å². The third-order valence-electron chi connectivity index (χ3n) is 4.33. The molecule has 1 aromatic rings. The standard InChI is InChI=1S/C16H21N3O5/c17-7-14(20)19-5-1-2-11(19)15(21)16(22)18-8-10-3-4-12-13(6-10)24-9-23-12/h3-4,6,11,15,21H,1-2,5,7-9,17H2,(H,18,22)/t11-,15?/m0/s1. The average molecular weight is 335 g/mol. The van der Waals surface area contributed by atoms with Crippen LogP contribution in [-0.2, 0) is 16.1 Å². The van der Waals surface area contributed by atoms with Crippen molar-refractivity contribution in [3.63, 3.8) is 0 Å². The molecule has 0 bridgehead atoms. The topological polar surface area (TPSA) is 114 Å². The summed E-state index contributed by atoms with van der Waals surface area (Å²) < 4.78 is 10.5. The van der Waals surface area contributed by atoms with Crippen LogP contribution < -0.4 is 20.5 Å². The van der Waals surface area contributed by atoms with E-state index in [9.17, 15) is 14.7 Å². The van der Waals surface area contributed by atoms with Gasteiger partial charge < -0.3 is 30.5 Å². The van der Waals surface area contributed by atoms with Crippen LogP contribution in [0.1, 0.15) is 18.4 Å². The van der Waals surface area contributed by atoms with Crippen molar-refractivity contribution in [3.05, 3.63) is 23.8 Å². The zero-order valence-corrected chi connectivity index (χ0v) is 13.2. The second-order valence-corrected chi connectivity index (χ2v) is 5.85. The van der Waals surface area contributed by atoms with Gasteiger partial charge in [-0.15, -0.1) is 0 Å². The number of benzene rings is 1. The lowest BCUT2D eigenvalue weighted by atomic mass is 10.1. The Morgan fingerprint density at radius 3 is 2.96 bits per heavy atom. The number of aliphatic hydroxyl groups excluding tert-OH is 1. The first-order chi connectivity index (χ1) is 11.6. The molecule has 8 nitrogen and oxygen atoms in total. The lowest BCUT2D eigenvalue weighted by Gasteiger charge is -2.27. The van der Waals surface area contributed by atoms with Gasteiger partial charge in [-0.2, -0.15) is 0 Å². The zero-order valence-electron chi connectivity index (χ0n) is 13.2. The van der Waals surface area contributed by atoms with E-state index in [-0.39, 0.29) is 25.8 Å². The SMILES string of the molecule is NCC(=O)N1CCC[C@H]1C(O)C(=O)NCc1ccc2c(c1)OCO2. The van der Waals surface area contributed by atoms with Crippen molar-refractivity contribution in [2.75, 3.05) is 19.9 Å². The van der Waals surface area contributed by atoms with E-state index in [2.05, 4.69) is 5.32 Å². The number of likely N-dealkylation sites (tertiary alicyclic amines) is 1. The number of nitrogens with one attached hydrogen (secondary N) is 1. The number of hydrogen-bond acceptors (Lipinski definition) is 6. The molecule has 4 N–H and O–H groups in total. The number of amides is 2. The third kappa shape index (κ3) is 3.29. The fourth-order valence-corrected chi connectivity index (χ4v) is 3.07. The maximum Gasteiger partial charge on any atom is 0.251 e. The van der Waals surface area contributed by atoms with Gasteiger partial charge in [-0.3, -0.25) is 9.59 Å². The van der Waals surface area contributed by atoms with Gasteiger partial charge in [0.25, 0.3) is 5.91 Å². The first-order valence-corrected chi connectivity index (χ1v) is 7.94. The number of rotatable bonds is 5. The Labute approximate surface area is 139 Å². The number of nitrogens with zero attached hydrogens (tertiary/aromatic N) is 1. The molecule has 0 aliphatic carbocycles. The van der Waals surface area contributed by atoms with Crippen molar-refractivity contribution in [3.8, 4) is 11.5 Å². The maximum absolute atomic E-state index is 12.2. The Bertz CT molecular complexity index is 636. The minimum Gasteiger partial charge on any atom is -0.454 e. The molecule has 24 heavy (non-hydrogen) atoms. The lowest BCUT2D eigenvalue weighted by molar-refractivity contribution is -0.138. The zero-order chi connectivity index (χ0) is 17.1. The summed E-state index contributed by atoms with van der Waals surface area (Å²) in [6, 6.07) is 4.87. The summed E-state index contributed by atoms with van der Waals surface area (Å²) in [6.07, 6.45) is 0.0739. The quantitative estimate of drug-likeness (QED) is 0.658. The summed E-state index contributed by atoms with van der Waals surface area (Å²) >= 11 is 0. The van der Waals surface area contributed by atoms with E-state index in [1.807, 2.05) is 6.07 Å². The number of nitrogens with two attached hydrogens (primary N) is 1. The van der Waals surface area contributed by atoms with Gasteiger partial charge in [0.2, 0.25) is 12.7 Å². The van der Waals surface area contributed by atoms with Gasteiger partial charge in [0.1, 0.15) is 0 Å². The van der Waals surface area contributed by atoms with Crippen LogP contribution in [0.4, 0.5) is 0 Å². The Morgan fingerprint density at radius 1 is 1.38 bits per heavy atom. The van der Waals surface area contributed by atoms with Crippen LogP contribution >= 0.6 is 0 Å². The van der Waals surface area contributed by atoms with Crippen molar-refractivity contribution in [2.24, 2.45) is 5.73 Å². The van der Waals surface area contributed by atoms with Crippen LogP contribution in [0.15, 0.2) is 18.2 Å². The molecule has 2 amide bonds. The normalized spacial score (nSPS) is 20.1. The van der Waals surface area contributed by atoms with Crippen molar-refractivity contribution < 1.29 is 24.2 Å². The first kappa shape index (κ1) is 16.5. The van der Waals surface area contributed by atoms with E-state index >= 15 is 0 Å². The van der Waals surface area contributed by atoms with E-state index in [0.29, 0.717) is 24.5 Å². The van der Waals surface area contributed by atoms with Gasteiger partial charge in [0.05, 0.1) is 12.6 Å². The molecule has 0 radical (unpaired) electrons. The summed E-state index contributed by atoms with van der Waals surface area (Å²) in [7, 11) is 0. The largest absolute Gasteiger partial charge is 0.454 e. The number of aliphatic hydroxyl groups is 1. The lowest BCUT2D eigenvalue weighted by Crippen LogP contribution is -2.50. The van der Waals surface area contributed by atoms with Gasteiger partial charge in [-0.25, -0.2) is 0 Å². The fraction of sp³-hybridized carbons (Fsp3) is 0.500. The van der Waals surface area contributed by atoms with E-state index < -0.39 is 18.1 Å². The van der Waals surface area contributed by atoms with Gasteiger partial charge in [-0.05, 0) is 30.5 Å². The van der Waals surface area contributed by atoms with Gasteiger partial charge in [0.15, 0.2) is 17.6 Å². The molecule has 3 rings (SSSR count). The number of hydrogen-bond donors (Lipinski definition) is 3. The van der Waals surface area contributed by atoms with Crippen LogP contribution in [-0.4, -0.2) is 53.8 Å². The fourth-order valence-electron chi connectivity index (χ4n) is 3.07. The van der Waals surface area contributed by atoms with Crippen LogP contribution in [0.25, 0.3) is 0 Å². The Morgan fingerprint density at radius 2 is 2.17 bits per heavy atom. The van der Waals surface area contributed by atoms with Crippen LogP contribution in [0, 0.1) is 0 Å². The second kappa shape index (κ2) is 7.06. The summed E-state index contributed by atoms with van der Waals surface area (Å²) in [5.41, 5.74) is 6.21. The highest BCUT2D eigenvalue weighted by atomic mass is 16.7. The maximum atomic E-state index is 12.2. The molecule has 8 heteroatoms. The number of carbonyl (C=O) groups is 2. The van der Waals surface area contributed by atoms with Crippen LogP contribution in [0.5, 0.6) is 11.5 Å². The molecule has 1 unspecified atom stereocenters. The third-order valence-corrected chi connectivity index (χ3v) is 4.33. The summed E-state index contributed by atoms with van der Waals surface area (Å²) in [6.45, 7) is 0.843. The first-order valence-electron chi connectivity index (χ1n) is 7.94. The van der Waals surface area contributed by atoms with Gasteiger partial charge in [0, 0.05) is 13.1 Å². The minimum absolute atomic E-state index is 0.123. The molecule has 2 atom stereocenters. The molecule has 130 valence electrons. The average Bonchev–Trinajstić information content (AvgIpc) is 3.26. The predicted octanol–water partition coefficient (Wildman–Crippen LogP) is -0.658. The number of carbonyl (C=O) groups excluding carboxylic acids is 2. The Kier molecular flexibility index (Phi) is 4.86. The Hall–Kier alpha value is -2.32. The predicted molar refractivity (Wildman–Crippen MR) is 84.2 cm³/mol. The van der Waals surface area contributed by atoms with Crippen LogP contribution in [0.2, 0.25) is 0 Å². The molecule has 1 saturated heterocycles. The molecule has 1 aromatic carbocycles. The van der Waals surface area contributed by atoms with E-state index in [1.165, 1.54) is 4.90 Å². The van der Waals surface area contributed by atoms with Gasteiger partial charge in [-0.1, -0.05) is 6.07 Å². The number of ether oxygens (including phenoxy) is 2. The molecule has 0 saturated carbocycles. The molecule has 2 aliphatic heterocycles. The van der Waals surface area contributed by atoms with Gasteiger partial charge >= 0.3 is 0 Å². The minimum atomic E-state index is -1.27. The van der Waals surface area contributed by atoms with Crippen molar-refractivity contribution in [1.82, 2.24) is 10.2 Å². The summed E-state index contributed by atoms with van der Waals surface area (Å²) in [5, 5.41) is 13.0. The highest BCUT2D eigenvalue weighted by Gasteiger charge is 2.36. The molecule has 2 heterocycles. The van der Waals surface area contributed by atoms with E-state index in [0.717, 1.165) is 12.0 Å². The highest BCUT2D eigenvalue weighted by Crippen LogP contribution is 2.32. The molecule has 0 aromatic heterocycles. The summed E-state index contributed by atoms with van der Waals surface area (Å²) in [4.78, 5) is 25.5. The molecule has 2 aliphatic rings. The van der Waals surface area contributed by atoms with E-state index in [4.69, 9.17) is 15.2 Å². The van der Waals surface area contributed by atoms with Crippen molar-refractivity contribution in [2.45, 2.75) is 31.5 Å². The number of fused-ring (bicyclic) bond motifs is 1. The molecule has 0 spiro atoms. The van der Waals surface area contributed by atoms with Crippen molar-refractivity contribution >= 4 is 11.8 Å². The molecular formula is C16H21N3O5. The monoisotopic (exact) mass is 335 g/mol.